The maximum Gasteiger partial charge on any atom is 0.329 e. The molecule has 20 heavy (non-hydrogen) atoms. The third-order valence-corrected chi connectivity index (χ3v) is 3.29. The monoisotopic (exact) mass is 302 g/mol. The van der Waals surface area contributed by atoms with E-state index in [2.05, 4.69) is 9.97 Å². The Hall–Kier alpha value is -1.47. The number of ether oxygens (including phenoxy) is 1. The van der Waals surface area contributed by atoms with Gasteiger partial charge in [0.2, 0.25) is 11.1 Å². The lowest BCUT2D eigenvalue weighted by Gasteiger charge is -2.30. The minimum Gasteiger partial charge on any atom is -0.383 e. The van der Waals surface area contributed by atoms with Crippen LogP contribution in [0, 0.1) is 10.1 Å². The fourth-order valence-electron chi connectivity index (χ4n) is 2.07. The van der Waals surface area contributed by atoms with Gasteiger partial charge in [-0.1, -0.05) is 13.8 Å². The number of hydrogen-bond acceptors (Lipinski definition) is 6. The molecule has 1 aromatic rings. The van der Waals surface area contributed by atoms with Gasteiger partial charge in [-0.3, -0.25) is 10.1 Å². The van der Waals surface area contributed by atoms with E-state index in [-0.39, 0.29) is 22.8 Å². The average Bonchev–Trinajstić information content (AvgIpc) is 2.43. The molecule has 0 aliphatic carbocycles. The molecule has 0 unspecified atom stereocenters. The number of nitrogens with zero attached hydrogens (tertiary/aromatic N) is 4. The number of methoxy groups -OCH3 is 1. The van der Waals surface area contributed by atoms with Crippen LogP contribution in [0.25, 0.3) is 0 Å². The first-order valence-electron chi connectivity index (χ1n) is 6.47. The van der Waals surface area contributed by atoms with Crippen molar-refractivity contribution in [1.29, 1.82) is 0 Å². The molecule has 0 fully saturated rings. The van der Waals surface area contributed by atoms with E-state index in [1.165, 1.54) is 0 Å². The van der Waals surface area contributed by atoms with Crippen LogP contribution in [0.1, 0.15) is 26.7 Å². The van der Waals surface area contributed by atoms with Crippen LogP contribution in [0.15, 0.2) is 6.20 Å². The first-order chi connectivity index (χ1) is 9.54. The Balaban J connectivity index is 3.23. The van der Waals surface area contributed by atoms with Gasteiger partial charge in [-0.05, 0) is 24.4 Å². The van der Waals surface area contributed by atoms with E-state index in [0.717, 1.165) is 19.0 Å². The molecule has 0 N–H and O–H groups in total. The number of halogens is 1. The van der Waals surface area contributed by atoms with Crippen LogP contribution < -0.4 is 4.90 Å². The van der Waals surface area contributed by atoms with Gasteiger partial charge in [-0.25, -0.2) is 4.98 Å². The van der Waals surface area contributed by atoms with E-state index < -0.39 is 4.92 Å². The van der Waals surface area contributed by atoms with Crippen LogP contribution >= 0.6 is 11.6 Å². The molecule has 0 atom stereocenters. The molecule has 1 heterocycles. The molecule has 0 spiro atoms. The van der Waals surface area contributed by atoms with E-state index in [1.807, 2.05) is 18.7 Å². The van der Waals surface area contributed by atoms with Gasteiger partial charge >= 0.3 is 5.69 Å². The highest BCUT2D eigenvalue weighted by molar-refractivity contribution is 6.28. The van der Waals surface area contributed by atoms with Crippen molar-refractivity contribution in [3.8, 4) is 0 Å². The Kier molecular flexibility index (Phi) is 6.60. The summed E-state index contributed by atoms with van der Waals surface area (Å²) in [6.07, 6.45) is 2.84. The lowest BCUT2D eigenvalue weighted by atomic mass is 10.1. The summed E-state index contributed by atoms with van der Waals surface area (Å²) in [4.78, 5) is 20.3. The SMILES string of the molecule is CCC(CC)N(CCOC)c1nc(Cl)ncc1[N+](=O)[O-]. The summed E-state index contributed by atoms with van der Waals surface area (Å²) >= 11 is 5.79. The lowest BCUT2D eigenvalue weighted by Crippen LogP contribution is -2.38. The molecule has 1 rings (SSSR count). The van der Waals surface area contributed by atoms with Crippen LogP contribution in [-0.4, -0.2) is 41.2 Å². The molecule has 0 saturated heterocycles. The number of rotatable bonds is 8. The fraction of sp³-hybridized carbons (Fsp3) is 0.667. The lowest BCUT2D eigenvalue weighted by molar-refractivity contribution is -0.384. The van der Waals surface area contributed by atoms with Crippen molar-refractivity contribution >= 4 is 23.1 Å². The number of hydrogen-bond donors (Lipinski definition) is 0. The molecule has 0 saturated carbocycles. The van der Waals surface area contributed by atoms with Crippen molar-refractivity contribution in [2.75, 3.05) is 25.2 Å². The topological polar surface area (TPSA) is 81.4 Å². The second kappa shape index (κ2) is 7.96. The first-order valence-corrected chi connectivity index (χ1v) is 6.85. The van der Waals surface area contributed by atoms with Crippen LogP contribution in [0.5, 0.6) is 0 Å². The molecule has 0 aliphatic heterocycles. The summed E-state index contributed by atoms with van der Waals surface area (Å²) < 4.78 is 5.08. The first kappa shape index (κ1) is 16.6. The maximum atomic E-state index is 11.1. The van der Waals surface area contributed by atoms with Crippen LogP contribution in [0.4, 0.5) is 11.5 Å². The zero-order chi connectivity index (χ0) is 15.1. The van der Waals surface area contributed by atoms with Crippen molar-refractivity contribution in [2.45, 2.75) is 32.7 Å². The highest BCUT2D eigenvalue weighted by atomic mass is 35.5. The molecular weight excluding hydrogens is 284 g/mol. The number of nitro groups is 1. The third-order valence-electron chi connectivity index (χ3n) is 3.11. The Morgan fingerprint density at radius 1 is 1.50 bits per heavy atom. The van der Waals surface area contributed by atoms with Crippen molar-refractivity contribution in [2.24, 2.45) is 0 Å². The Bertz CT molecular complexity index is 454. The summed E-state index contributed by atoms with van der Waals surface area (Å²) in [7, 11) is 1.59. The van der Waals surface area contributed by atoms with E-state index in [1.54, 1.807) is 7.11 Å². The molecule has 1 aromatic heterocycles. The molecule has 0 radical (unpaired) electrons. The van der Waals surface area contributed by atoms with Gasteiger partial charge in [0, 0.05) is 19.7 Å². The predicted octanol–water partition coefficient (Wildman–Crippen LogP) is 2.68. The van der Waals surface area contributed by atoms with Crippen molar-refractivity contribution in [1.82, 2.24) is 9.97 Å². The zero-order valence-corrected chi connectivity index (χ0v) is 12.6. The molecular formula is C12H19ClN4O3. The van der Waals surface area contributed by atoms with E-state index in [0.29, 0.717) is 13.2 Å². The second-order valence-electron chi connectivity index (χ2n) is 4.26. The largest absolute Gasteiger partial charge is 0.383 e. The molecule has 0 bridgehead atoms. The molecule has 112 valence electrons. The molecule has 7 nitrogen and oxygen atoms in total. The van der Waals surface area contributed by atoms with Gasteiger partial charge in [0.05, 0.1) is 11.5 Å². The Morgan fingerprint density at radius 2 is 2.15 bits per heavy atom. The highest BCUT2D eigenvalue weighted by Crippen LogP contribution is 2.29. The van der Waals surface area contributed by atoms with E-state index >= 15 is 0 Å². The van der Waals surface area contributed by atoms with Crippen LogP contribution in [-0.2, 0) is 4.74 Å². The van der Waals surface area contributed by atoms with Gasteiger partial charge in [0.1, 0.15) is 6.20 Å². The summed E-state index contributed by atoms with van der Waals surface area (Å²) in [5.41, 5.74) is -0.141. The fourth-order valence-corrected chi connectivity index (χ4v) is 2.20. The highest BCUT2D eigenvalue weighted by Gasteiger charge is 2.26. The quantitative estimate of drug-likeness (QED) is 0.417. The van der Waals surface area contributed by atoms with Gasteiger partial charge in [0.25, 0.3) is 0 Å². The van der Waals surface area contributed by atoms with E-state index in [4.69, 9.17) is 16.3 Å². The standard InChI is InChI=1S/C12H19ClN4O3/c1-4-9(5-2)16(6-7-20-3)11-10(17(18)19)8-14-12(13)15-11/h8-9H,4-7H2,1-3H3. The summed E-state index contributed by atoms with van der Waals surface area (Å²) in [5.74, 6) is 0.251. The zero-order valence-electron chi connectivity index (χ0n) is 11.9. The van der Waals surface area contributed by atoms with Gasteiger partial charge < -0.3 is 9.64 Å². The van der Waals surface area contributed by atoms with Crippen LogP contribution in [0.2, 0.25) is 5.28 Å². The molecule has 0 aromatic carbocycles. The Labute approximate surface area is 123 Å². The van der Waals surface area contributed by atoms with Crippen molar-refractivity contribution < 1.29 is 9.66 Å². The molecule has 8 heteroatoms. The average molecular weight is 303 g/mol. The summed E-state index contributed by atoms with van der Waals surface area (Å²) in [5, 5.41) is 11.1. The number of aromatic nitrogens is 2. The smallest absolute Gasteiger partial charge is 0.329 e. The van der Waals surface area contributed by atoms with Gasteiger partial charge in [-0.2, -0.15) is 4.98 Å². The third kappa shape index (κ3) is 4.01. The minimum atomic E-state index is -0.492. The predicted molar refractivity (Wildman–Crippen MR) is 77.3 cm³/mol. The van der Waals surface area contributed by atoms with Crippen molar-refractivity contribution in [3.63, 3.8) is 0 Å². The summed E-state index contributed by atoms with van der Waals surface area (Å²) in [6.45, 7) is 5.03. The maximum absolute atomic E-state index is 11.1. The number of anilines is 1. The normalized spacial score (nSPS) is 10.8. The Morgan fingerprint density at radius 3 is 2.65 bits per heavy atom. The molecule has 0 aliphatic rings. The molecule has 0 amide bonds. The van der Waals surface area contributed by atoms with Gasteiger partial charge in [-0.15, -0.1) is 0 Å². The second-order valence-corrected chi connectivity index (χ2v) is 4.60. The van der Waals surface area contributed by atoms with Gasteiger partial charge in [0.15, 0.2) is 0 Å². The summed E-state index contributed by atoms with van der Waals surface area (Å²) in [6, 6.07) is 0.134. The van der Waals surface area contributed by atoms with Crippen LogP contribution in [0.3, 0.4) is 0 Å². The van der Waals surface area contributed by atoms with E-state index in [9.17, 15) is 10.1 Å². The minimum absolute atomic E-state index is 0.000951. The van der Waals surface area contributed by atoms with Crippen molar-refractivity contribution in [3.05, 3.63) is 21.6 Å².